The van der Waals surface area contributed by atoms with E-state index in [-0.39, 0.29) is 5.91 Å². The average molecular weight is 260 g/mol. The van der Waals surface area contributed by atoms with E-state index >= 15 is 0 Å². The number of amides is 1. The fraction of sp³-hybridized carbons (Fsp3) is 0.643. The molecule has 1 saturated carbocycles. The predicted molar refractivity (Wildman–Crippen MR) is 72.1 cm³/mol. The molecular weight excluding hydrogens is 240 g/mol. The lowest BCUT2D eigenvalue weighted by Gasteiger charge is -2.28. The molecule has 2 heterocycles. The second kappa shape index (κ2) is 5.15. The number of carbonyl (C=O) groups excluding carboxylic acids is 1. The van der Waals surface area contributed by atoms with Gasteiger partial charge in [0.1, 0.15) is 0 Å². The van der Waals surface area contributed by atoms with Crippen molar-refractivity contribution < 1.29 is 4.79 Å². The van der Waals surface area contributed by atoms with Crippen LogP contribution in [-0.2, 0) is 17.8 Å². The Morgan fingerprint density at radius 2 is 2.21 bits per heavy atom. The van der Waals surface area contributed by atoms with E-state index < -0.39 is 0 Å². The van der Waals surface area contributed by atoms with Crippen molar-refractivity contribution in [1.29, 1.82) is 0 Å². The van der Waals surface area contributed by atoms with Gasteiger partial charge in [-0.25, -0.2) is 9.97 Å². The molecule has 19 heavy (non-hydrogen) atoms. The van der Waals surface area contributed by atoms with Crippen molar-refractivity contribution in [3.63, 3.8) is 0 Å². The molecule has 0 saturated heterocycles. The molecule has 1 aromatic rings. The quantitative estimate of drug-likeness (QED) is 0.875. The van der Waals surface area contributed by atoms with Gasteiger partial charge in [0.05, 0.1) is 12.2 Å². The molecule has 0 atom stereocenters. The molecule has 5 heteroatoms. The van der Waals surface area contributed by atoms with Crippen molar-refractivity contribution in [2.45, 2.75) is 45.1 Å². The number of nitrogens with two attached hydrogens (primary N) is 1. The highest BCUT2D eigenvalue weighted by molar-refractivity contribution is 5.76. The number of nitrogens with zero attached hydrogens (tertiary/aromatic N) is 3. The Kier molecular flexibility index (Phi) is 3.36. The van der Waals surface area contributed by atoms with Gasteiger partial charge in [0.25, 0.3) is 0 Å². The smallest absolute Gasteiger partial charge is 0.223 e. The van der Waals surface area contributed by atoms with E-state index in [2.05, 4.69) is 9.97 Å². The van der Waals surface area contributed by atoms with Crippen LogP contribution in [0.15, 0.2) is 6.20 Å². The first-order valence-electron chi connectivity index (χ1n) is 7.10. The van der Waals surface area contributed by atoms with Crippen molar-refractivity contribution in [1.82, 2.24) is 14.9 Å². The summed E-state index contributed by atoms with van der Waals surface area (Å²) in [5.74, 6) is 1.17. The van der Waals surface area contributed by atoms with E-state index in [1.54, 1.807) is 6.20 Å². The number of rotatable bonds is 2. The molecule has 1 aliphatic heterocycles. The molecular formula is C14H20N4O. The molecule has 102 valence electrons. The van der Waals surface area contributed by atoms with Crippen LogP contribution in [0.4, 0.5) is 5.95 Å². The van der Waals surface area contributed by atoms with Crippen LogP contribution in [0, 0.1) is 5.92 Å². The number of fused-ring (bicyclic) bond motifs is 1. The molecule has 0 unspecified atom stereocenters. The Balaban J connectivity index is 1.65. The molecule has 2 N–H and O–H groups in total. The minimum absolute atomic E-state index is 0.273. The number of carbonyl (C=O) groups is 1. The van der Waals surface area contributed by atoms with Crippen LogP contribution in [-0.4, -0.2) is 27.3 Å². The summed E-state index contributed by atoms with van der Waals surface area (Å²) in [6, 6.07) is 0. The van der Waals surface area contributed by atoms with E-state index in [4.69, 9.17) is 5.73 Å². The maximum Gasteiger partial charge on any atom is 0.223 e. The van der Waals surface area contributed by atoms with Gasteiger partial charge in [0, 0.05) is 19.2 Å². The molecule has 1 fully saturated rings. The molecule has 3 rings (SSSR count). The normalized spacial score (nSPS) is 19.5. The fourth-order valence-electron chi connectivity index (χ4n) is 3.12. The van der Waals surface area contributed by atoms with Gasteiger partial charge in [-0.1, -0.05) is 12.8 Å². The number of anilines is 1. The molecule has 1 aromatic heterocycles. The van der Waals surface area contributed by atoms with Crippen LogP contribution in [0.25, 0.3) is 0 Å². The molecule has 1 amide bonds. The minimum Gasteiger partial charge on any atom is -0.368 e. The predicted octanol–water partition coefficient (Wildman–Crippen LogP) is 1.52. The first kappa shape index (κ1) is 12.4. The lowest BCUT2D eigenvalue weighted by atomic mass is 10.0. The van der Waals surface area contributed by atoms with Crippen LogP contribution in [0.5, 0.6) is 0 Å². The summed E-state index contributed by atoms with van der Waals surface area (Å²) in [5, 5.41) is 0. The zero-order valence-corrected chi connectivity index (χ0v) is 11.1. The number of nitrogen functional groups attached to an aromatic ring is 1. The zero-order chi connectivity index (χ0) is 13.2. The van der Waals surface area contributed by atoms with E-state index in [1.807, 2.05) is 4.90 Å². The first-order valence-corrected chi connectivity index (χ1v) is 7.10. The first-order chi connectivity index (χ1) is 9.22. The van der Waals surface area contributed by atoms with Crippen molar-refractivity contribution in [2.75, 3.05) is 12.3 Å². The van der Waals surface area contributed by atoms with Crippen LogP contribution in [0.3, 0.4) is 0 Å². The lowest BCUT2D eigenvalue weighted by molar-refractivity contribution is -0.133. The van der Waals surface area contributed by atoms with Crippen LogP contribution < -0.4 is 5.73 Å². The van der Waals surface area contributed by atoms with Crippen molar-refractivity contribution >= 4 is 11.9 Å². The maximum absolute atomic E-state index is 12.3. The van der Waals surface area contributed by atoms with E-state index in [0.29, 0.717) is 24.8 Å². The second-order valence-corrected chi connectivity index (χ2v) is 5.62. The Hall–Kier alpha value is -1.65. The van der Waals surface area contributed by atoms with E-state index in [0.717, 1.165) is 24.2 Å². The fourth-order valence-corrected chi connectivity index (χ4v) is 3.12. The highest BCUT2D eigenvalue weighted by Gasteiger charge is 2.25. The summed E-state index contributed by atoms with van der Waals surface area (Å²) < 4.78 is 0. The van der Waals surface area contributed by atoms with Gasteiger partial charge in [-0.05, 0) is 30.7 Å². The highest BCUT2D eigenvalue weighted by atomic mass is 16.2. The third-order valence-corrected chi connectivity index (χ3v) is 4.26. The van der Waals surface area contributed by atoms with Gasteiger partial charge in [0.15, 0.2) is 0 Å². The SMILES string of the molecule is Nc1ncc2c(n1)CN(C(=O)CC1CCCC1)CC2. The van der Waals surface area contributed by atoms with Crippen LogP contribution >= 0.6 is 0 Å². The van der Waals surface area contributed by atoms with Gasteiger partial charge >= 0.3 is 0 Å². The third kappa shape index (κ3) is 2.69. The molecule has 5 nitrogen and oxygen atoms in total. The van der Waals surface area contributed by atoms with Crippen molar-refractivity contribution in [2.24, 2.45) is 5.92 Å². The van der Waals surface area contributed by atoms with Crippen molar-refractivity contribution in [3.8, 4) is 0 Å². The summed E-state index contributed by atoms with van der Waals surface area (Å²) >= 11 is 0. The summed E-state index contributed by atoms with van der Waals surface area (Å²) in [6.45, 7) is 1.37. The Bertz CT molecular complexity index is 482. The monoisotopic (exact) mass is 260 g/mol. The summed E-state index contributed by atoms with van der Waals surface area (Å²) in [7, 11) is 0. The Morgan fingerprint density at radius 3 is 3.00 bits per heavy atom. The van der Waals surface area contributed by atoms with E-state index in [1.165, 1.54) is 25.7 Å². The molecule has 0 bridgehead atoms. The molecule has 0 spiro atoms. The third-order valence-electron chi connectivity index (χ3n) is 4.26. The molecule has 2 aliphatic rings. The standard InChI is InChI=1S/C14H20N4O/c15-14-16-8-11-5-6-18(9-12(11)17-14)13(19)7-10-3-1-2-4-10/h8,10H,1-7,9H2,(H2,15,16,17). The molecule has 0 radical (unpaired) electrons. The number of aromatic nitrogens is 2. The highest BCUT2D eigenvalue weighted by Crippen LogP contribution is 2.28. The van der Waals surface area contributed by atoms with Crippen LogP contribution in [0.2, 0.25) is 0 Å². The van der Waals surface area contributed by atoms with Gasteiger partial charge in [-0.15, -0.1) is 0 Å². The maximum atomic E-state index is 12.3. The van der Waals surface area contributed by atoms with Gasteiger partial charge < -0.3 is 10.6 Å². The zero-order valence-electron chi connectivity index (χ0n) is 11.1. The average Bonchev–Trinajstić information content (AvgIpc) is 2.90. The van der Waals surface area contributed by atoms with Gasteiger partial charge in [0.2, 0.25) is 11.9 Å². The summed E-state index contributed by atoms with van der Waals surface area (Å²) in [5.41, 5.74) is 7.65. The number of hydrogen-bond donors (Lipinski definition) is 1. The summed E-state index contributed by atoms with van der Waals surface area (Å²) in [4.78, 5) is 22.5. The lowest BCUT2D eigenvalue weighted by Crippen LogP contribution is -2.37. The minimum atomic E-state index is 0.273. The Morgan fingerprint density at radius 1 is 1.42 bits per heavy atom. The summed E-state index contributed by atoms with van der Waals surface area (Å²) in [6.07, 6.45) is 8.32. The van der Waals surface area contributed by atoms with Gasteiger partial charge in [-0.3, -0.25) is 4.79 Å². The molecule has 1 aliphatic carbocycles. The Labute approximate surface area is 113 Å². The van der Waals surface area contributed by atoms with Gasteiger partial charge in [-0.2, -0.15) is 0 Å². The molecule has 0 aromatic carbocycles. The largest absolute Gasteiger partial charge is 0.368 e. The van der Waals surface area contributed by atoms with Crippen molar-refractivity contribution in [3.05, 3.63) is 17.5 Å². The number of hydrogen-bond acceptors (Lipinski definition) is 4. The van der Waals surface area contributed by atoms with Crippen LogP contribution in [0.1, 0.15) is 43.4 Å². The second-order valence-electron chi connectivity index (χ2n) is 5.62. The topological polar surface area (TPSA) is 72.1 Å². The van der Waals surface area contributed by atoms with E-state index in [9.17, 15) is 4.79 Å².